The number of fused-ring (bicyclic) bond motifs is 4. The van der Waals surface area contributed by atoms with Gasteiger partial charge in [-0.05, 0) is 135 Å². The van der Waals surface area contributed by atoms with Crippen molar-refractivity contribution in [3.05, 3.63) is 230 Å². The third kappa shape index (κ3) is 6.71. The average molecular weight is 810 g/mol. The highest BCUT2D eigenvalue weighted by atomic mass is 15.2. The summed E-state index contributed by atoms with van der Waals surface area (Å²) in [7, 11) is 0. The summed E-state index contributed by atoms with van der Waals surface area (Å²) in [5.74, 6) is 0. The molecule has 11 rings (SSSR count). The van der Waals surface area contributed by atoms with E-state index in [1.165, 1.54) is 78.2 Å². The van der Waals surface area contributed by atoms with Gasteiger partial charge in [0.05, 0.1) is 0 Å². The Morgan fingerprint density at radius 2 is 0.968 bits per heavy atom. The Morgan fingerprint density at radius 3 is 1.59 bits per heavy atom. The van der Waals surface area contributed by atoms with Crippen LogP contribution in [0.4, 0.5) is 45.5 Å². The lowest BCUT2D eigenvalue weighted by Crippen LogP contribution is -2.61. The van der Waals surface area contributed by atoms with Gasteiger partial charge in [0.1, 0.15) is 0 Å². The van der Waals surface area contributed by atoms with E-state index in [1.807, 2.05) is 0 Å². The summed E-state index contributed by atoms with van der Waals surface area (Å²) >= 11 is 0. The number of aryl methyl sites for hydroxylation is 1. The zero-order valence-electron chi connectivity index (χ0n) is 36.2. The fraction of sp³-hybridized carbons (Fsp3) is 0.0847. The van der Waals surface area contributed by atoms with Crippen LogP contribution in [0.15, 0.2) is 218 Å². The van der Waals surface area contributed by atoms with Crippen molar-refractivity contribution in [3.63, 3.8) is 0 Å². The Kier molecular flexibility index (Phi) is 9.39. The van der Waals surface area contributed by atoms with Crippen LogP contribution in [0.25, 0.3) is 33.4 Å². The quantitative estimate of drug-likeness (QED) is 0.149. The summed E-state index contributed by atoms with van der Waals surface area (Å²) < 4.78 is 0. The van der Waals surface area contributed by atoms with Gasteiger partial charge in [-0.3, -0.25) is 0 Å². The van der Waals surface area contributed by atoms with Crippen molar-refractivity contribution in [2.24, 2.45) is 0 Å². The summed E-state index contributed by atoms with van der Waals surface area (Å²) in [5, 5.41) is 0. The first-order valence-electron chi connectivity index (χ1n) is 22.0. The van der Waals surface area contributed by atoms with Gasteiger partial charge in [-0.15, -0.1) is 0 Å². The molecule has 0 unspecified atom stereocenters. The minimum Gasteiger partial charge on any atom is -0.376 e. The first kappa shape index (κ1) is 38.4. The SMILES string of the molecule is Cc1ccccc1N1c2cc(-c3ccccc3)ccc2B2c3c(cc(C(C)(C)C)cc31)-c1cc(N(c3ccccc3)c3ccccc3)ccc1N2c1ccc(-c2ccccc2)cc1. The van der Waals surface area contributed by atoms with E-state index in [0.717, 1.165) is 22.7 Å². The fourth-order valence-electron chi connectivity index (χ4n) is 9.73. The van der Waals surface area contributed by atoms with E-state index in [2.05, 4.69) is 261 Å². The Hall–Kier alpha value is -7.56. The van der Waals surface area contributed by atoms with E-state index in [9.17, 15) is 0 Å². The summed E-state index contributed by atoms with van der Waals surface area (Å²) in [6.45, 7) is 9.16. The Morgan fingerprint density at radius 1 is 0.413 bits per heavy atom. The second-order valence-electron chi connectivity index (χ2n) is 17.9. The molecule has 0 N–H and O–H groups in total. The second kappa shape index (κ2) is 15.4. The molecule has 4 heteroatoms. The molecule has 2 aliphatic heterocycles. The van der Waals surface area contributed by atoms with Crippen LogP contribution in [0.5, 0.6) is 0 Å². The van der Waals surface area contributed by atoms with Crippen molar-refractivity contribution in [2.75, 3.05) is 14.6 Å². The van der Waals surface area contributed by atoms with Crippen molar-refractivity contribution in [1.29, 1.82) is 0 Å². The molecular weight excluding hydrogens is 761 g/mol. The van der Waals surface area contributed by atoms with Crippen LogP contribution in [0, 0.1) is 6.92 Å². The van der Waals surface area contributed by atoms with Gasteiger partial charge < -0.3 is 14.6 Å². The first-order valence-corrected chi connectivity index (χ1v) is 22.0. The second-order valence-corrected chi connectivity index (χ2v) is 17.9. The molecule has 0 spiro atoms. The average Bonchev–Trinajstić information content (AvgIpc) is 3.33. The van der Waals surface area contributed by atoms with Crippen LogP contribution >= 0.6 is 0 Å². The summed E-state index contributed by atoms with van der Waals surface area (Å²) in [4.78, 5) is 7.56. The molecule has 63 heavy (non-hydrogen) atoms. The lowest BCUT2D eigenvalue weighted by Gasteiger charge is -2.47. The molecule has 0 amide bonds. The van der Waals surface area contributed by atoms with E-state index in [-0.39, 0.29) is 12.3 Å². The minimum absolute atomic E-state index is 0.107. The molecule has 2 aliphatic rings. The molecule has 302 valence electrons. The Labute approximate surface area is 372 Å². The normalized spacial score (nSPS) is 12.7. The maximum Gasteiger partial charge on any atom is 0.333 e. The van der Waals surface area contributed by atoms with E-state index in [4.69, 9.17) is 0 Å². The minimum atomic E-state index is -0.118. The van der Waals surface area contributed by atoms with Crippen molar-refractivity contribution in [3.8, 4) is 33.4 Å². The van der Waals surface area contributed by atoms with Gasteiger partial charge in [-0.25, -0.2) is 0 Å². The van der Waals surface area contributed by atoms with Gasteiger partial charge in [-0.1, -0.05) is 166 Å². The molecule has 0 bridgehead atoms. The third-order valence-electron chi connectivity index (χ3n) is 12.9. The molecule has 0 saturated carbocycles. The Bertz CT molecular complexity index is 3070. The van der Waals surface area contributed by atoms with Gasteiger partial charge >= 0.3 is 6.85 Å². The van der Waals surface area contributed by atoms with Crippen LogP contribution in [0.1, 0.15) is 31.9 Å². The molecule has 0 saturated heterocycles. The molecule has 0 aliphatic carbocycles. The van der Waals surface area contributed by atoms with E-state index >= 15 is 0 Å². The summed E-state index contributed by atoms with van der Waals surface area (Å²) in [6.07, 6.45) is 0. The first-order chi connectivity index (χ1) is 30.8. The van der Waals surface area contributed by atoms with Crippen molar-refractivity contribution in [2.45, 2.75) is 33.1 Å². The van der Waals surface area contributed by atoms with Gasteiger partial charge in [0, 0.05) is 51.1 Å². The van der Waals surface area contributed by atoms with Crippen molar-refractivity contribution < 1.29 is 0 Å². The number of nitrogens with zero attached hydrogens (tertiary/aromatic N) is 3. The number of anilines is 8. The summed E-state index contributed by atoms with van der Waals surface area (Å²) in [6, 6.07) is 80.3. The number of benzene rings is 9. The predicted octanol–water partition coefficient (Wildman–Crippen LogP) is 14.8. The lowest BCUT2D eigenvalue weighted by molar-refractivity contribution is 0.590. The molecule has 0 atom stereocenters. The highest BCUT2D eigenvalue weighted by molar-refractivity contribution is 6.93. The molecule has 0 aromatic heterocycles. The van der Waals surface area contributed by atoms with Gasteiger partial charge in [0.2, 0.25) is 0 Å². The van der Waals surface area contributed by atoms with Gasteiger partial charge in [0.15, 0.2) is 0 Å². The molecule has 2 heterocycles. The lowest BCUT2D eigenvalue weighted by atomic mass is 9.43. The standard InChI is InChI=1S/C59H48BN3/c1-41-19-17-18-28-54(41)62-56-37-45(43-22-11-6-12-23-43)31-35-53(56)60-58-52(38-46(39-57(58)62)59(2,3)4)51-40-50(61(47-24-13-7-14-25-47)48-26-15-8-16-27-48)34-36-55(51)63(60)49-32-29-44(30-33-49)42-20-9-5-10-21-42/h5-40H,1-4H3. The number of para-hydroxylation sites is 3. The molecular formula is C59H48BN3. The highest BCUT2D eigenvalue weighted by Crippen LogP contribution is 2.50. The predicted molar refractivity (Wildman–Crippen MR) is 269 cm³/mol. The van der Waals surface area contributed by atoms with Gasteiger partial charge in [-0.2, -0.15) is 0 Å². The van der Waals surface area contributed by atoms with Crippen molar-refractivity contribution >= 4 is 63.3 Å². The topological polar surface area (TPSA) is 9.72 Å². The fourth-order valence-corrected chi connectivity index (χ4v) is 9.73. The van der Waals surface area contributed by atoms with Crippen LogP contribution in [-0.4, -0.2) is 6.85 Å². The molecule has 3 nitrogen and oxygen atoms in total. The maximum atomic E-state index is 2.61. The third-order valence-corrected chi connectivity index (χ3v) is 12.9. The maximum absolute atomic E-state index is 2.61. The summed E-state index contributed by atoms with van der Waals surface area (Å²) in [5.41, 5.74) is 21.6. The van der Waals surface area contributed by atoms with E-state index in [0.29, 0.717) is 0 Å². The van der Waals surface area contributed by atoms with Crippen molar-refractivity contribution in [1.82, 2.24) is 0 Å². The zero-order chi connectivity index (χ0) is 42.7. The molecule has 0 fully saturated rings. The highest BCUT2D eigenvalue weighted by Gasteiger charge is 2.46. The molecule has 0 radical (unpaired) electrons. The zero-order valence-corrected chi connectivity index (χ0v) is 36.2. The monoisotopic (exact) mass is 809 g/mol. The molecule has 9 aromatic carbocycles. The van der Waals surface area contributed by atoms with E-state index < -0.39 is 0 Å². The van der Waals surface area contributed by atoms with Crippen LogP contribution in [0.2, 0.25) is 0 Å². The number of hydrogen-bond donors (Lipinski definition) is 0. The Balaban J connectivity index is 1.22. The van der Waals surface area contributed by atoms with E-state index in [1.54, 1.807) is 0 Å². The number of rotatable bonds is 7. The molecule has 9 aromatic rings. The van der Waals surface area contributed by atoms with Crippen LogP contribution in [0.3, 0.4) is 0 Å². The van der Waals surface area contributed by atoms with Crippen LogP contribution < -0.4 is 25.5 Å². The van der Waals surface area contributed by atoms with Gasteiger partial charge in [0.25, 0.3) is 0 Å². The van der Waals surface area contributed by atoms with Crippen LogP contribution in [-0.2, 0) is 5.41 Å². The number of hydrogen-bond acceptors (Lipinski definition) is 3. The smallest absolute Gasteiger partial charge is 0.333 e. The largest absolute Gasteiger partial charge is 0.376 e.